The van der Waals surface area contributed by atoms with Crippen LogP contribution in [0.4, 0.5) is 0 Å². The minimum Gasteiger partial charge on any atom is -0.300 e. The van der Waals surface area contributed by atoms with Crippen LogP contribution in [0.1, 0.15) is 97.3 Å². The Bertz CT molecular complexity index is 233. The zero-order chi connectivity index (χ0) is 14.3. The van der Waals surface area contributed by atoms with Crippen molar-refractivity contribution in [1.29, 1.82) is 0 Å². The summed E-state index contributed by atoms with van der Waals surface area (Å²) in [5.74, 6) is 0.550. The highest BCUT2D eigenvalue weighted by atomic mass is 16.1. The third-order valence-electron chi connectivity index (χ3n) is 3.55. The predicted molar refractivity (Wildman–Crippen MR) is 81.4 cm³/mol. The summed E-state index contributed by atoms with van der Waals surface area (Å²) >= 11 is 0. The first kappa shape index (κ1) is 18.3. The quantitative estimate of drug-likeness (QED) is 0.404. The molecular formula is C17H32O2. The highest BCUT2D eigenvalue weighted by molar-refractivity contribution is 5.85. The molecule has 0 spiro atoms. The smallest absolute Gasteiger partial charge is 0.133 e. The molecule has 0 N–H and O–H groups in total. The van der Waals surface area contributed by atoms with E-state index in [1.54, 1.807) is 0 Å². The zero-order valence-corrected chi connectivity index (χ0v) is 13.0. The Balaban J connectivity index is 3.38. The van der Waals surface area contributed by atoms with Crippen LogP contribution < -0.4 is 0 Å². The molecular weight excluding hydrogens is 236 g/mol. The van der Waals surface area contributed by atoms with Gasteiger partial charge in [-0.3, -0.25) is 9.59 Å². The van der Waals surface area contributed by atoms with Crippen LogP contribution in [0, 0.1) is 0 Å². The third kappa shape index (κ3) is 13.6. The third-order valence-corrected chi connectivity index (χ3v) is 3.55. The van der Waals surface area contributed by atoms with Crippen LogP contribution in [-0.2, 0) is 9.59 Å². The molecule has 2 heteroatoms. The van der Waals surface area contributed by atoms with Gasteiger partial charge in [-0.2, -0.15) is 0 Å². The highest BCUT2D eigenvalue weighted by Crippen LogP contribution is 2.09. The fourth-order valence-corrected chi connectivity index (χ4v) is 2.20. The van der Waals surface area contributed by atoms with Gasteiger partial charge in [0, 0.05) is 25.7 Å². The molecule has 0 bridgehead atoms. The standard InChI is InChI=1S/C17H32O2/c1-3-5-7-9-11-13-17(19)15-14-16(18)12-10-8-6-4-2/h3-15H2,1-2H3. The maximum Gasteiger partial charge on any atom is 0.133 e. The molecule has 0 saturated heterocycles. The molecule has 0 unspecified atom stereocenters. The second kappa shape index (κ2) is 13.8. The normalized spacial score (nSPS) is 10.6. The van der Waals surface area contributed by atoms with Gasteiger partial charge in [-0.15, -0.1) is 0 Å². The van der Waals surface area contributed by atoms with E-state index < -0.39 is 0 Å². The average molecular weight is 268 g/mol. The maximum absolute atomic E-state index is 11.6. The highest BCUT2D eigenvalue weighted by Gasteiger charge is 2.06. The van der Waals surface area contributed by atoms with Crippen molar-refractivity contribution in [2.75, 3.05) is 0 Å². The lowest BCUT2D eigenvalue weighted by molar-refractivity contribution is -0.124. The number of rotatable bonds is 14. The van der Waals surface area contributed by atoms with E-state index in [4.69, 9.17) is 0 Å². The molecule has 0 atom stereocenters. The van der Waals surface area contributed by atoms with Gasteiger partial charge in [0.1, 0.15) is 11.6 Å². The van der Waals surface area contributed by atoms with Crippen molar-refractivity contribution >= 4 is 11.6 Å². The summed E-state index contributed by atoms with van der Waals surface area (Å²) in [7, 11) is 0. The minimum absolute atomic E-state index is 0.274. The van der Waals surface area contributed by atoms with E-state index in [0.717, 1.165) is 25.7 Å². The number of hydrogen-bond donors (Lipinski definition) is 0. The van der Waals surface area contributed by atoms with Crippen LogP contribution in [0.25, 0.3) is 0 Å². The van der Waals surface area contributed by atoms with E-state index in [2.05, 4.69) is 13.8 Å². The largest absolute Gasteiger partial charge is 0.300 e. The van der Waals surface area contributed by atoms with Crippen molar-refractivity contribution in [3.05, 3.63) is 0 Å². The summed E-state index contributed by atoms with van der Waals surface area (Å²) < 4.78 is 0. The Morgan fingerprint density at radius 1 is 0.526 bits per heavy atom. The summed E-state index contributed by atoms with van der Waals surface area (Å²) in [6, 6.07) is 0. The van der Waals surface area contributed by atoms with Gasteiger partial charge in [-0.25, -0.2) is 0 Å². The second-order valence-corrected chi connectivity index (χ2v) is 5.55. The van der Waals surface area contributed by atoms with Crippen LogP contribution in [0.15, 0.2) is 0 Å². The summed E-state index contributed by atoms with van der Waals surface area (Å²) in [5, 5.41) is 0. The van der Waals surface area contributed by atoms with E-state index in [9.17, 15) is 9.59 Å². The number of carbonyl (C=O) groups excluding carboxylic acids is 2. The molecule has 0 rings (SSSR count). The first-order valence-electron chi connectivity index (χ1n) is 8.24. The minimum atomic E-state index is 0.274. The van der Waals surface area contributed by atoms with Crippen LogP contribution in [0.2, 0.25) is 0 Å². The average Bonchev–Trinajstić information content (AvgIpc) is 2.41. The van der Waals surface area contributed by atoms with Crippen molar-refractivity contribution in [3.63, 3.8) is 0 Å². The lowest BCUT2D eigenvalue weighted by Crippen LogP contribution is -2.04. The van der Waals surface area contributed by atoms with Gasteiger partial charge in [0.15, 0.2) is 0 Å². The first-order chi connectivity index (χ1) is 9.20. The number of hydrogen-bond acceptors (Lipinski definition) is 2. The molecule has 0 saturated carbocycles. The Kier molecular flexibility index (Phi) is 13.3. The Morgan fingerprint density at radius 2 is 0.895 bits per heavy atom. The van der Waals surface area contributed by atoms with Crippen molar-refractivity contribution < 1.29 is 9.59 Å². The van der Waals surface area contributed by atoms with Crippen molar-refractivity contribution in [2.24, 2.45) is 0 Å². The topological polar surface area (TPSA) is 34.1 Å². The second-order valence-electron chi connectivity index (χ2n) is 5.55. The Morgan fingerprint density at radius 3 is 1.32 bits per heavy atom. The molecule has 0 aliphatic rings. The molecule has 0 aromatic carbocycles. The van der Waals surface area contributed by atoms with Crippen LogP contribution >= 0.6 is 0 Å². The van der Waals surface area contributed by atoms with Gasteiger partial charge in [-0.05, 0) is 12.8 Å². The van der Waals surface area contributed by atoms with Crippen molar-refractivity contribution in [2.45, 2.75) is 97.3 Å². The van der Waals surface area contributed by atoms with Gasteiger partial charge in [0.25, 0.3) is 0 Å². The van der Waals surface area contributed by atoms with E-state index in [1.165, 1.54) is 32.1 Å². The van der Waals surface area contributed by atoms with Crippen molar-refractivity contribution in [1.82, 2.24) is 0 Å². The first-order valence-corrected chi connectivity index (χ1v) is 8.24. The molecule has 0 aromatic heterocycles. The maximum atomic E-state index is 11.6. The van der Waals surface area contributed by atoms with E-state index in [-0.39, 0.29) is 11.6 Å². The predicted octanol–water partition coefficient (Wildman–Crippen LogP) is 5.24. The van der Waals surface area contributed by atoms with Crippen LogP contribution in [0.3, 0.4) is 0 Å². The van der Waals surface area contributed by atoms with Crippen LogP contribution in [-0.4, -0.2) is 11.6 Å². The van der Waals surface area contributed by atoms with Gasteiger partial charge in [0.2, 0.25) is 0 Å². The molecule has 112 valence electrons. The lowest BCUT2D eigenvalue weighted by atomic mass is 10.0. The van der Waals surface area contributed by atoms with Gasteiger partial charge in [0.05, 0.1) is 0 Å². The van der Waals surface area contributed by atoms with Gasteiger partial charge in [-0.1, -0.05) is 58.8 Å². The molecule has 0 aromatic rings. The molecule has 0 amide bonds. The summed E-state index contributed by atoms with van der Waals surface area (Å²) in [6.07, 6.45) is 12.7. The van der Waals surface area contributed by atoms with E-state index in [0.29, 0.717) is 25.7 Å². The number of ketones is 2. The fraction of sp³-hybridized carbons (Fsp3) is 0.882. The monoisotopic (exact) mass is 268 g/mol. The lowest BCUT2D eigenvalue weighted by Gasteiger charge is -2.02. The molecule has 19 heavy (non-hydrogen) atoms. The molecule has 0 fully saturated rings. The van der Waals surface area contributed by atoms with Gasteiger partial charge < -0.3 is 0 Å². The van der Waals surface area contributed by atoms with Crippen molar-refractivity contribution in [3.8, 4) is 0 Å². The Labute approximate surface area is 119 Å². The van der Waals surface area contributed by atoms with E-state index >= 15 is 0 Å². The summed E-state index contributed by atoms with van der Waals surface area (Å²) in [6.45, 7) is 4.36. The van der Waals surface area contributed by atoms with Crippen LogP contribution in [0.5, 0.6) is 0 Å². The Hall–Kier alpha value is -0.660. The molecule has 0 aliphatic heterocycles. The molecule has 0 heterocycles. The SMILES string of the molecule is CCCCCCCC(=O)CCC(=O)CCCCCC. The molecule has 0 aliphatic carbocycles. The van der Waals surface area contributed by atoms with E-state index in [1.807, 2.05) is 0 Å². The number of unbranched alkanes of at least 4 members (excludes halogenated alkanes) is 7. The summed E-state index contributed by atoms with van der Waals surface area (Å²) in [5.41, 5.74) is 0. The fourth-order valence-electron chi connectivity index (χ4n) is 2.20. The molecule has 2 nitrogen and oxygen atoms in total. The zero-order valence-electron chi connectivity index (χ0n) is 13.0. The summed E-state index contributed by atoms with van der Waals surface area (Å²) in [4.78, 5) is 23.2. The number of Topliss-reactive ketones (excluding diaryl/α,β-unsaturated/α-hetero) is 2. The van der Waals surface area contributed by atoms with Gasteiger partial charge >= 0.3 is 0 Å². The number of carbonyl (C=O) groups is 2. The molecule has 0 radical (unpaired) electrons.